The third-order valence-corrected chi connectivity index (χ3v) is 4.74. The number of fused-ring (bicyclic) bond motifs is 1. The molecule has 2 unspecified atom stereocenters. The fourth-order valence-corrected chi connectivity index (χ4v) is 3.68. The third kappa shape index (κ3) is 1.38. The number of furan rings is 1. The number of amides is 1. The Morgan fingerprint density at radius 2 is 2.14 bits per heavy atom. The molecule has 7 heteroatoms. The zero-order chi connectivity index (χ0) is 15.6. The molecule has 1 saturated heterocycles. The molecule has 7 nitrogen and oxygen atoms in total. The van der Waals surface area contributed by atoms with Crippen LogP contribution in [0.1, 0.15) is 33.1 Å². The van der Waals surface area contributed by atoms with Crippen LogP contribution in [-0.2, 0) is 14.9 Å². The van der Waals surface area contributed by atoms with Crippen molar-refractivity contribution in [2.75, 3.05) is 20.8 Å². The van der Waals surface area contributed by atoms with E-state index in [1.165, 1.54) is 25.2 Å². The molecule has 1 amide bonds. The van der Waals surface area contributed by atoms with Gasteiger partial charge in [-0.1, -0.05) is 0 Å². The smallest absolute Gasteiger partial charge is 0.413 e. The number of carbonyl (C=O) groups is 3. The highest BCUT2D eigenvalue weighted by Gasteiger charge is 2.68. The zero-order valence-corrected chi connectivity index (χ0v) is 12.0. The van der Waals surface area contributed by atoms with Gasteiger partial charge < -0.3 is 13.9 Å². The number of nitrogens with zero attached hydrogens (tertiary/aromatic N) is 1. The molecule has 0 N–H and O–H groups in total. The first-order valence-electron chi connectivity index (χ1n) is 6.87. The van der Waals surface area contributed by atoms with Crippen LogP contribution in [0.4, 0.5) is 4.79 Å². The average molecular weight is 303 g/mol. The number of allylic oxidation sites excluding steroid dienone is 2. The number of hydrogen-bond donors (Lipinski definition) is 0. The van der Waals surface area contributed by atoms with Crippen LogP contribution >= 0.6 is 0 Å². The molecule has 0 bridgehead atoms. The van der Waals surface area contributed by atoms with Crippen molar-refractivity contribution in [2.45, 2.75) is 11.8 Å². The summed E-state index contributed by atoms with van der Waals surface area (Å²) in [4.78, 5) is 37.3. The minimum Gasteiger partial charge on any atom is -0.463 e. The van der Waals surface area contributed by atoms with Crippen LogP contribution in [0.5, 0.6) is 0 Å². The van der Waals surface area contributed by atoms with Gasteiger partial charge in [-0.05, 0) is 18.4 Å². The second-order valence-corrected chi connectivity index (χ2v) is 5.69. The highest BCUT2D eigenvalue weighted by atomic mass is 16.5. The van der Waals surface area contributed by atoms with Crippen LogP contribution in [0.15, 0.2) is 22.3 Å². The van der Waals surface area contributed by atoms with Gasteiger partial charge in [0.2, 0.25) is 11.5 Å². The standard InChI is InChI=1S/C15H13NO6/c1-20-13(18)10-3-8-12(22-10)9(17)4-11-15(8)5-7(15)6-16(11)14(19)21-2/h3-4,7H,5-6H2,1-2H3. The van der Waals surface area contributed by atoms with Crippen molar-refractivity contribution >= 4 is 17.8 Å². The highest BCUT2D eigenvalue weighted by Crippen LogP contribution is 2.67. The van der Waals surface area contributed by atoms with Gasteiger partial charge in [-0.3, -0.25) is 9.69 Å². The monoisotopic (exact) mass is 303 g/mol. The minimum absolute atomic E-state index is 0.00652. The van der Waals surface area contributed by atoms with Crippen molar-refractivity contribution in [3.63, 3.8) is 0 Å². The molecule has 22 heavy (non-hydrogen) atoms. The molecule has 2 fully saturated rings. The van der Waals surface area contributed by atoms with Crippen molar-refractivity contribution in [1.82, 2.24) is 4.90 Å². The maximum absolute atomic E-state index is 12.3. The normalized spacial score (nSPS) is 27.5. The Balaban J connectivity index is 1.82. The van der Waals surface area contributed by atoms with Crippen LogP contribution in [0, 0.1) is 5.92 Å². The van der Waals surface area contributed by atoms with E-state index in [2.05, 4.69) is 4.74 Å². The van der Waals surface area contributed by atoms with Crippen molar-refractivity contribution < 1.29 is 28.3 Å². The molecular weight excluding hydrogens is 290 g/mol. The first-order valence-corrected chi connectivity index (χ1v) is 6.87. The number of rotatable bonds is 1. The fraction of sp³-hybridized carbons (Fsp3) is 0.400. The van der Waals surface area contributed by atoms with Crippen LogP contribution in [-0.4, -0.2) is 43.5 Å². The van der Waals surface area contributed by atoms with Crippen molar-refractivity contribution in [2.24, 2.45) is 5.92 Å². The van der Waals surface area contributed by atoms with Gasteiger partial charge in [-0.15, -0.1) is 0 Å². The molecule has 1 saturated carbocycles. The molecule has 0 radical (unpaired) electrons. The number of ketones is 1. The molecule has 4 rings (SSSR count). The maximum atomic E-state index is 12.3. The van der Waals surface area contributed by atoms with Crippen molar-refractivity contribution in [3.05, 3.63) is 34.9 Å². The van der Waals surface area contributed by atoms with Gasteiger partial charge in [-0.2, -0.15) is 0 Å². The summed E-state index contributed by atoms with van der Waals surface area (Å²) in [7, 11) is 2.56. The molecular formula is C15H13NO6. The Kier molecular flexibility index (Phi) is 2.38. The van der Waals surface area contributed by atoms with Gasteiger partial charge in [-0.25, -0.2) is 9.59 Å². The number of ether oxygens (including phenoxy) is 2. The van der Waals surface area contributed by atoms with Crippen LogP contribution < -0.4 is 0 Å². The Morgan fingerprint density at radius 3 is 2.82 bits per heavy atom. The van der Waals surface area contributed by atoms with Gasteiger partial charge in [0.25, 0.3) is 0 Å². The third-order valence-electron chi connectivity index (χ3n) is 4.74. The number of likely N-dealkylation sites (tertiary alicyclic amines) is 1. The van der Waals surface area contributed by atoms with E-state index in [9.17, 15) is 14.4 Å². The van der Waals surface area contributed by atoms with E-state index in [-0.39, 0.29) is 23.2 Å². The quantitative estimate of drug-likeness (QED) is 0.731. The van der Waals surface area contributed by atoms with Gasteiger partial charge in [0, 0.05) is 29.3 Å². The molecule has 2 aliphatic carbocycles. The van der Waals surface area contributed by atoms with Crippen LogP contribution in [0.3, 0.4) is 0 Å². The topological polar surface area (TPSA) is 86.0 Å². The van der Waals surface area contributed by atoms with Gasteiger partial charge in [0.05, 0.1) is 14.2 Å². The molecule has 1 spiro atoms. The first kappa shape index (κ1) is 13.1. The average Bonchev–Trinajstić information content (AvgIpc) is 2.91. The molecule has 2 heterocycles. The summed E-state index contributed by atoms with van der Waals surface area (Å²) >= 11 is 0. The minimum atomic E-state index is -0.625. The Labute approximate surface area is 125 Å². The lowest BCUT2D eigenvalue weighted by atomic mass is 9.85. The second-order valence-electron chi connectivity index (χ2n) is 5.69. The molecule has 114 valence electrons. The second kappa shape index (κ2) is 4.00. The van der Waals surface area contributed by atoms with E-state index in [1.807, 2.05) is 0 Å². The zero-order valence-electron chi connectivity index (χ0n) is 12.0. The van der Waals surface area contributed by atoms with E-state index < -0.39 is 17.5 Å². The van der Waals surface area contributed by atoms with E-state index >= 15 is 0 Å². The van der Waals surface area contributed by atoms with E-state index in [1.54, 1.807) is 6.07 Å². The first-order chi connectivity index (χ1) is 10.5. The Hall–Kier alpha value is -2.57. The molecule has 2 atom stereocenters. The lowest BCUT2D eigenvalue weighted by Gasteiger charge is -2.25. The Bertz CT molecular complexity index is 760. The number of hydrogen-bond acceptors (Lipinski definition) is 6. The predicted octanol–water partition coefficient (Wildman–Crippen LogP) is 1.49. The number of carbonyl (C=O) groups excluding carboxylic acids is 3. The van der Waals surface area contributed by atoms with Crippen LogP contribution in [0.2, 0.25) is 0 Å². The maximum Gasteiger partial charge on any atom is 0.413 e. The molecule has 1 aliphatic heterocycles. The highest BCUT2D eigenvalue weighted by molar-refractivity contribution is 6.08. The molecule has 1 aromatic rings. The van der Waals surface area contributed by atoms with Gasteiger partial charge in [0.15, 0.2) is 5.76 Å². The number of piperidine rings is 1. The number of methoxy groups -OCH3 is 2. The lowest BCUT2D eigenvalue weighted by Crippen LogP contribution is -2.33. The SMILES string of the molecule is COC(=O)c1cc2c(o1)C(=O)C=C1N(C(=O)OC)CC3CC123. The van der Waals surface area contributed by atoms with Gasteiger partial charge >= 0.3 is 12.1 Å². The fourth-order valence-electron chi connectivity index (χ4n) is 3.68. The summed E-state index contributed by atoms with van der Waals surface area (Å²) in [5, 5.41) is 0. The van der Waals surface area contributed by atoms with Gasteiger partial charge in [0.1, 0.15) is 0 Å². The summed E-state index contributed by atoms with van der Waals surface area (Å²) in [5.74, 6) is -0.592. The van der Waals surface area contributed by atoms with E-state index in [0.29, 0.717) is 17.8 Å². The van der Waals surface area contributed by atoms with E-state index in [4.69, 9.17) is 9.15 Å². The summed E-state index contributed by atoms with van der Waals surface area (Å²) in [6.45, 7) is 0.504. The van der Waals surface area contributed by atoms with Crippen molar-refractivity contribution in [3.8, 4) is 0 Å². The summed E-state index contributed by atoms with van der Waals surface area (Å²) < 4.78 is 14.8. The molecule has 1 aromatic heterocycles. The predicted molar refractivity (Wildman–Crippen MR) is 71.4 cm³/mol. The van der Waals surface area contributed by atoms with Crippen LogP contribution in [0.25, 0.3) is 0 Å². The molecule has 0 aromatic carbocycles. The Morgan fingerprint density at radius 1 is 1.36 bits per heavy atom. The summed E-state index contributed by atoms with van der Waals surface area (Å²) in [6.07, 6.45) is 1.76. The summed E-state index contributed by atoms with van der Waals surface area (Å²) in [6, 6.07) is 1.56. The summed E-state index contributed by atoms with van der Waals surface area (Å²) in [5.41, 5.74) is 0.901. The molecule has 3 aliphatic rings. The number of esters is 1. The van der Waals surface area contributed by atoms with E-state index in [0.717, 1.165) is 6.42 Å². The van der Waals surface area contributed by atoms with Crippen molar-refractivity contribution in [1.29, 1.82) is 0 Å². The lowest BCUT2D eigenvalue weighted by molar-refractivity contribution is 0.0563. The largest absolute Gasteiger partial charge is 0.463 e.